The lowest BCUT2D eigenvalue weighted by molar-refractivity contribution is -0.128. The minimum Gasteiger partial charge on any atom is -0.444 e. The molecule has 6 aromatic rings. The Morgan fingerprint density at radius 2 is 0.963 bits per heavy atom. The van der Waals surface area contributed by atoms with Crippen molar-refractivity contribution in [2.45, 2.75) is 104 Å². The van der Waals surface area contributed by atoms with Crippen LogP contribution >= 0.6 is 24.8 Å². The van der Waals surface area contributed by atoms with Crippen molar-refractivity contribution in [1.82, 2.24) is 54.9 Å². The maximum atomic E-state index is 13.5. The molecule has 0 aliphatic carbocycles. The molecule has 0 spiro atoms. The number of fused-ring (bicyclic) bond motifs is 2. The number of nitrogens with one attached hydrogen (secondary N) is 3. The van der Waals surface area contributed by atoms with Crippen LogP contribution in [0.1, 0.15) is 94.7 Å². The van der Waals surface area contributed by atoms with E-state index >= 15 is 0 Å². The standard InChI is InChI=1S/C30H40N6O7.C25H32N6O5.2ClH/c1-29(2,3)43-27(38)32-30(4,5)26(37)31-23(20-41-18-21-10-7-6-8-11-21)25-34-33-24-13-9-12-22(36(24)25)19-42-28(39)35-14-16-40-17-15-35;1-25(2,26)23(32)27-20(17-35-15-18-7-4-3-5-8-18)22-29-28-21-10-6-9-19(31(21)22)16-36-24(33)30-11-13-34-14-12-30;;/h6-13,23H,14-20H2,1-5H3,(H,31,37)(H,32,38);3-10,20H,11-17,26H2,1-2H3,(H,27,32);2*1H/t23-;20-;;/m11../s1. The molecule has 2 fully saturated rings. The van der Waals surface area contributed by atoms with Gasteiger partial charge in [0.1, 0.15) is 36.4 Å². The first-order chi connectivity index (χ1) is 37.8. The molecular weight excluding hydrogens is 1090 g/mol. The predicted octanol–water partition coefficient (Wildman–Crippen LogP) is 6.03. The molecule has 81 heavy (non-hydrogen) atoms. The summed E-state index contributed by atoms with van der Waals surface area (Å²) in [5.41, 5.74) is 7.14. The Morgan fingerprint density at radius 3 is 1.36 bits per heavy atom. The number of amides is 5. The van der Waals surface area contributed by atoms with Crippen LogP contribution in [0.2, 0.25) is 0 Å². The highest BCUT2D eigenvalue weighted by Crippen LogP contribution is 2.22. The largest absolute Gasteiger partial charge is 0.444 e. The molecular formula is C55H74Cl2N12O12. The number of hydrogen-bond acceptors (Lipinski definition) is 17. The molecule has 5 amide bonds. The van der Waals surface area contributed by atoms with Crippen LogP contribution in [-0.4, -0.2) is 152 Å². The van der Waals surface area contributed by atoms with Crippen LogP contribution in [0.4, 0.5) is 14.4 Å². The van der Waals surface area contributed by atoms with Crippen LogP contribution < -0.4 is 21.7 Å². The number of nitrogens with zero attached hydrogens (tertiary/aromatic N) is 8. The van der Waals surface area contributed by atoms with E-state index in [0.717, 1.165) is 11.1 Å². The van der Waals surface area contributed by atoms with E-state index in [2.05, 4.69) is 36.3 Å². The first kappa shape index (κ1) is 64.6. The summed E-state index contributed by atoms with van der Waals surface area (Å²) in [6, 6.07) is 28.7. The lowest BCUT2D eigenvalue weighted by Gasteiger charge is -2.29. The molecule has 440 valence electrons. The molecule has 0 bridgehead atoms. The molecule has 26 heteroatoms. The minimum atomic E-state index is -1.34. The molecule has 2 atom stereocenters. The fourth-order valence-corrected chi connectivity index (χ4v) is 8.08. The van der Waals surface area contributed by atoms with Crippen molar-refractivity contribution < 1.29 is 57.1 Å². The fourth-order valence-electron chi connectivity index (χ4n) is 8.08. The highest BCUT2D eigenvalue weighted by molar-refractivity contribution is 5.89. The molecule has 6 heterocycles. The molecule has 2 aliphatic heterocycles. The SMILES string of the molecule is CC(C)(C)OC(=O)NC(C)(C)C(=O)N[C@H](COCc1ccccc1)c1nnc2cccc(COC(=O)N3CCOCC3)n12.CC(C)(N)C(=O)N[C@H](COCc1ccccc1)c1nnc2cccc(COC(=O)N3CCOCC3)n12.Cl.Cl. The number of morpholine rings is 2. The molecule has 24 nitrogen and oxygen atoms in total. The summed E-state index contributed by atoms with van der Waals surface area (Å²) in [5, 5.41) is 25.8. The number of nitrogens with two attached hydrogens (primary N) is 1. The topological polar surface area (TPSA) is 279 Å². The number of pyridine rings is 2. The third-order valence-corrected chi connectivity index (χ3v) is 12.3. The Morgan fingerprint density at radius 1 is 0.556 bits per heavy atom. The number of alkyl carbamates (subject to hydrolysis) is 1. The van der Waals surface area contributed by atoms with E-state index in [-0.39, 0.29) is 57.1 Å². The van der Waals surface area contributed by atoms with E-state index < -0.39 is 52.9 Å². The molecule has 2 aliphatic rings. The van der Waals surface area contributed by atoms with Gasteiger partial charge >= 0.3 is 18.3 Å². The number of halogens is 2. The van der Waals surface area contributed by atoms with Crippen LogP contribution in [0.5, 0.6) is 0 Å². The van der Waals surface area contributed by atoms with Crippen molar-refractivity contribution in [1.29, 1.82) is 0 Å². The van der Waals surface area contributed by atoms with Gasteiger partial charge in [0.25, 0.3) is 0 Å². The quantitative estimate of drug-likeness (QED) is 0.0674. The number of benzene rings is 2. The van der Waals surface area contributed by atoms with E-state index in [1.165, 1.54) is 0 Å². The number of aromatic nitrogens is 6. The van der Waals surface area contributed by atoms with E-state index in [0.29, 0.717) is 100 Å². The number of rotatable bonds is 19. The number of ether oxygens (including phenoxy) is 7. The first-order valence-electron chi connectivity index (χ1n) is 26.1. The second-order valence-electron chi connectivity index (χ2n) is 20.9. The van der Waals surface area contributed by atoms with Crippen LogP contribution in [0.3, 0.4) is 0 Å². The Hall–Kier alpha value is -7.19. The number of carbonyl (C=O) groups is 5. The van der Waals surface area contributed by atoms with Gasteiger partial charge in [0, 0.05) is 26.2 Å². The fraction of sp³-hybridized carbons (Fsp3) is 0.473. The van der Waals surface area contributed by atoms with Crippen LogP contribution in [0.25, 0.3) is 11.3 Å². The average molecular weight is 1170 g/mol. The highest BCUT2D eigenvalue weighted by atomic mass is 35.5. The van der Waals surface area contributed by atoms with Gasteiger partial charge in [-0.3, -0.25) is 18.4 Å². The first-order valence-corrected chi connectivity index (χ1v) is 26.1. The van der Waals surface area contributed by atoms with Gasteiger partial charge < -0.3 is 64.6 Å². The minimum absolute atomic E-state index is 0. The van der Waals surface area contributed by atoms with E-state index in [1.807, 2.05) is 72.8 Å². The Balaban J connectivity index is 0.000000294. The summed E-state index contributed by atoms with van der Waals surface area (Å²) < 4.78 is 42.6. The Kier molecular flexibility index (Phi) is 24.0. The van der Waals surface area contributed by atoms with E-state index in [9.17, 15) is 24.0 Å². The van der Waals surface area contributed by atoms with Gasteiger partial charge in [-0.2, -0.15) is 0 Å². The van der Waals surface area contributed by atoms with Gasteiger partial charge in [-0.1, -0.05) is 72.8 Å². The third-order valence-electron chi connectivity index (χ3n) is 12.3. The van der Waals surface area contributed by atoms with Gasteiger partial charge in [-0.05, 0) is 83.9 Å². The Labute approximate surface area is 482 Å². The summed E-state index contributed by atoms with van der Waals surface area (Å²) in [4.78, 5) is 67.2. The van der Waals surface area contributed by atoms with Crippen molar-refractivity contribution in [2.75, 3.05) is 65.8 Å². The lowest BCUT2D eigenvalue weighted by atomic mass is 10.0. The molecule has 2 saturated heterocycles. The molecule has 4 aromatic heterocycles. The summed E-state index contributed by atoms with van der Waals surface area (Å²) in [7, 11) is 0. The van der Waals surface area contributed by atoms with Crippen LogP contribution in [-0.2, 0) is 69.2 Å². The highest BCUT2D eigenvalue weighted by Gasteiger charge is 2.35. The van der Waals surface area contributed by atoms with Gasteiger partial charge in [-0.15, -0.1) is 45.2 Å². The van der Waals surface area contributed by atoms with Crippen molar-refractivity contribution in [2.24, 2.45) is 5.73 Å². The van der Waals surface area contributed by atoms with Gasteiger partial charge in [-0.25, -0.2) is 14.4 Å². The lowest BCUT2D eigenvalue weighted by Crippen LogP contribution is -2.56. The summed E-state index contributed by atoms with van der Waals surface area (Å²) in [5.74, 6) is -0.0142. The van der Waals surface area contributed by atoms with Crippen LogP contribution in [0.15, 0.2) is 97.1 Å². The number of carbonyl (C=O) groups excluding carboxylic acids is 5. The van der Waals surface area contributed by atoms with Crippen LogP contribution in [0, 0.1) is 0 Å². The van der Waals surface area contributed by atoms with Crippen molar-refractivity contribution in [3.05, 3.63) is 131 Å². The molecule has 8 rings (SSSR count). The van der Waals surface area contributed by atoms with Gasteiger partial charge in [0.15, 0.2) is 22.9 Å². The maximum Gasteiger partial charge on any atom is 0.410 e. The second kappa shape index (κ2) is 30.0. The summed E-state index contributed by atoms with van der Waals surface area (Å²) in [6.45, 7) is 16.2. The zero-order valence-electron chi connectivity index (χ0n) is 46.7. The maximum absolute atomic E-state index is 13.5. The van der Waals surface area contributed by atoms with Crippen molar-refractivity contribution in [3.63, 3.8) is 0 Å². The zero-order valence-corrected chi connectivity index (χ0v) is 48.3. The second-order valence-corrected chi connectivity index (χ2v) is 20.9. The molecule has 5 N–H and O–H groups in total. The van der Waals surface area contributed by atoms with Gasteiger partial charge in [0.05, 0.1) is 69.8 Å². The molecule has 0 radical (unpaired) electrons. The monoisotopic (exact) mass is 1160 g/mol. The molecule has 0 unspecified atom stereocenters. The third kappa shape index (κ3) is 18.9. The van der Waals surface area contributed by atoms with E-state index in [1.54, 1.807) is 91.3 Å². The summed E-state index contributed by atoms with van der Waals surface area (Å²) in [6.07, 6.45) is -1.58. The summed E-state index contributed by atoms with van der Waals surface area (Å²) >= 11 is 0. The molecule has 2 aromatic carbocycles. The average Bonchev–Trinajstić information content (AvgIpc) is 4.14. The predicted molar refractivity (Wildman–Crippen MR) is 301 cm³/mol. The van der Waals surface area contributed by atoms with E-state index in [4.69, 9.17) is 38.9 Å². The smallest absolute Gasteiger partial charge is 0.410 e. The Bertz CT molecular complexity index is 2980. The number of hydrogen-bond donors (Lipinski definition) is 4. The van der Waals surface area contributed by atoms with Gasteiger partial charge in [0.2, 0.25) is 11.8 Å². The molecule has 0 saturated carbocycles. The van der Waals surface area contributed by atoms with Crippen molar-refractivity contribution >= 4 is 66.2 Å². The normalized spacial score (nSPS) is 14.5. The van der Waals surface area contributed by atoms with Crippen molar-refractivity contribution in [3.8, 4) is 0 Å². The zero-order chi connectivity index (χ0) is 56.6.